The molecule has 6 nitrogen and oxygen atoms in total. The molecule has 1 heterocycles. The standard InChI is InChI=1S/C21H33N4O2/c22-15-21(13-14-25(16-21)17-7-3-1-4-8-17)24-18(26)9-12-20(19(23)27)10-5-2-6-11-20/h9,17H,1-8,10-14,16H2,(H2,23,27)(H,24,26). The van der Waals surface area contributed by atoms with Gasteiger partial charge in [0.15, 0.2) is 0 Å². The van der Waals surface area contributed by atoms with E-state index in [4.69, 9.17) is 5.73 Å². The van der Waals surface area contributed by atoms with Crippen LogP contribution >= 0.6 is 0 Å². The Kier molecular flexibility index (Phi) is 6.41. The smallest absolute Gasteiger partial charge is 0.225 e. The van der Waals surface area contributed by atoms with E-state index >= 15 is 0 Å². The van der Waals surface area contributed by atoms with Gasteiger partial charge in [-0.3, -0.25) is 14.5 Å². The Hall–Kier alpha value is -1.61. The van der Waals surface area contributed by atoms with E-state index in [9.17, 15) is 14.9 Å². The van der Waals surface area contributed by atoms with Crippen molar-refractivity contribution in [2.45, 2.75) is 88.6 Å². The number of hydrogen-bond donors (Lipinski definition) is 2. The molecule has 3 aliphatic rings. The first-order valence-electron chi connectivity index (χ1n) is 10.6. The summed E-state index contributed by atoms with van der Waals surface area (Å²) in [6, 6.07) is 2.91. The third kappa shape index (κ3) is 4.63. The number of carbonyl (C=O) groups excluding carboxylic acids is 2. The van der Waals surface area contributed by atoms with Crippen LogP contribution in [0.1, 0.15) is 77.0 Å². The van der Waals surface area contributed by atoms with E-state index in [1.165, 1.54) is 32.1 Å². The SMILES string of the molecule is N#CC1(NC(=O)[CH]CC2(C(N)=O)CCCCC2)CCN(C2CCCCC2)C1. The quantitative estimate of drug-likeness (QED) is 0.747. The molecule has 27 heavy (non-hydrogen) atoms. The van der Waals surface area contributed by atoms with Gasteiger partial charge in [0, 0.05) is 24.5 Å². The van der Waals surface area contributed by atoms with Crippen molar-refractivity contribution in [3.63, 3.8) is 0 Å². The van der Waals surface area contributed by atoms with Crippen molar-refractivity contribution >= 4 is 11.8 Å². The van der Waals surface area contributed by atoms with Crippen LogP contribution in [0.15, 0.2) is 0 Å². The number of nitrogens with two attached hydrogens (primary N) is 1. The Morgan fingerprint density at radius 2 is 1.78 bits per heavy atom. The highest BCUT2D eigenvalue weighted by molar-refractivity contribution is 5.88. The van der Waals surface area contributed by atoms with Crippen LogP contribution in [0.5, 0.6) is 0 Å². The lowest BCUT2D eigenvalue weighted by molar-refractivity contribution is -0.129. The second-order valence-corrected chi connectivity index (χ2v) is 8.81. The highest BCUT2D eigenvalue weighted by atomic mass is 16.2. The molecular formula is C21H33N4O2. The normalized spacial score (nSPS) is 29.1. The first kappa shape index (κ1) is 20.1. The van der Waals surface area contributed by atoms with Gasteiger partial charge in [0.1, 0.15) is 5.54 Å². The van der Waals surface area contributed by atoms with E-state index < -0.39 is 11.0 Å². The summed E-state index contributed by atoms with van der Waals surface area (Å²) < 4.78 is 0. The zero-order valence-electron chi connectivity index (χ0n) is 16.3. The number of nitriles is 1. The van der Waals surface area contributed by atoms with Gasteiger partial charge in [-0.1, -0.05) is 38.5 Å². The van der Waals surface area contributed by atoms with Crippen LogP contribution in [-0.4, -0.2) is 41.4 Å². The van der Waals surface area contributed by atoms with Crippen molar-refractivity contribution in [1.29, 1.82) is 5.26 Å². The van der Waals surface area contributed by atoms with Gasteiger partial charge in [0.25, 0.3) is 0 Å². The van der Waals surface area contributed by atoms with Crippen LogP contribution in [0.4, 0.5) is 0 Å². The molecule has 2 amide bonds. The molecule has 2 saturated carbocycles. The minimum atomic E-state index is -0.808. The molecule has 1 aliphatic heterocycles. The molecule has 149 valence electrons. The van der Waals surface area contributed by atoms with E-state index in [1.54, 1.807) is 6.42 Å². The maximum absolute atomic E-state index is 12.6. The van der Waals surface area contributed by atoms with Crippen molar-refractivity contribution in [2.24, 2.45) is 11.1 Å². The maximum Gasteiger partial charge on any atom is 0.225 e. The second kappa shape index (κ2) is 8.60. The lowest BCUT2D eigenvalue weighted by Crippen LogP contribution is -2.51. The van der Waals surface area contributed by atoms with E-state index in [2.05, 4.69) is 16.3 Å². The fraction of sp³-hybridized carbons (Fsp3) is 0.810. The summed E-state index contributed by atoms with van der Waals surface area (Å²) in [5, 5.41) is 12.7. The van der Waals surface area contributed by atoms with Crippen LogP contribution in [0.25, 0.3) is 0 Å². The molecule has 1 unspecified atom stereocenters. The van der Waals surface area contributed by atoms with Crippen LogP contribution < -0.4 is 11.1 Å². The Balaban J connectivity index is 1.54. The largest absolute Gasteiger partial charge is 0.369 e. The van der Waals surface area contributed by atoms with E-state index in [1.807, 2.05) is 0 Å². The zero-order valence-corrected chi connectivity index (χ0v) is 16.3. The van der Waals surface area contributed by atoms with Crippen molar-refractivity contribution < 1.29 is 9.59 Å². The van der Waals surface area contributed by atoms with Crippen LogP contribution in [0.2, 0.25) is 0 Å². The van der Waals surface area contributed by atoms with Crippen molar-refractivity contribution in [1.82, 2.24) is 10.2 Å². The van der Waals surface area contributed by atoms with Gasteiger partial charge in [-0.05, 0) is 38.5 Å². The number of amides is 2. The lowest BCUT2D eigenvalue weighted by Gasteiger charge is -2.34. The number of likely N-dealkylation sites (tertiary alicyclic amines) is 1. The molecule has 1 atom stereocenters. The predicted octanol–water partition coefficient (Wildman–Crippen LogP) is 2.43. The van der Waals surface area contributed by atoms with Crippen molar-refractivity contribution in [3.05, 3.63) is 6.42 Å². The molecule has 0 spiro atoms. The van der Waals surface area contributed by atoms with Crippen LogP contribution in [0, 0.1) is 23.2 Å². The van der Waals surface area contributed by atoms with E-state index in [-0.39, 0.29) is 11.8 Å². The summed E-state index contributed by atoms with van der Waals surface area (Å²) in [5.74, 6) is -0.543. The third-order valence-corrected chi connectivity index (χ3v) is 6.98. The van der Waals surface area contributed by atoms with Gasteiger partial charge in [-0.25, -0.2) is 0 Å². The molecular weight excluding hydrogens is 340 g/mol. The Morgan fingerprint density at radius 1 is 1.11 bits per heavy atom. The Morgan fingerprint density at radius 3 is 2.41 bits per heavy atom. The molecule has 1 saturated heterocycles. The van der Waals surface area contributed by atoms with Crippen molar-refractivity contribution in [2.75, 3.05) is 13.1 Å². The Labute approximate surface area is 162 Å². The molecule has 3 fully saturated rings. The lowest BCUT2D eigenvalue weighted by atomic mass is 9.70. The number of carbonyl (C=O) groups is 2. The van der Waals surface area contributed by atoms with Gasteiger partial charge in [-0.2, -0.15) is 5.26 Å². The number of rotatable bonds is 6. The highest BCUT2D eigenvalue weighted by Gasteiger charge is 2.43. The molecule has 0 bridgehead atoms. The van der Waals surface area contributed by atoms with Gasteiger partial charge in [0.2, 0.25) is 11.8 Å². The monoisotopic (exact) mass is 373 g/mol. The number of nitrogens with one attached hydrogen (secondary N) is 1. The predicted molar refractivity (Wildman–Crippen MR) is 103 cm³/mol. The zero-order chi connectivity index (χ0) is 19.3. The first-order valence-corrected chi connectivity index (χ1v) is 10.6. The fourth-order valence-corrected chi connectivity index (χ4v) is 5.17. The average Bonchev–Trinajstić information content (AvgIpc) is 3.12. The summed E-state index contributed by atoms with van der Waals surface area (Å²) in [6.45, 7) is 1.47. The summed E-state index contributed by atoms with van der Waals surface area (Å²) in [7, 11) is 0. The molecule has 6 heteroatoms. The Bertz CT molecular complexity index is 587. The average molecular weight is 374 g/mol. The number of primary amides is 1. The summed E-state index contributed by atoms with van der Waals surface area (Å²) in [5.41, 5.74) is 4.26. The fourth-order valence-electron chi connectivity index (χ4n) is 5.17. The minimum absolute atomic E-state index is 0.242. The van der Waals surface area contributed by atoms with Gasteiger partial charge in [-0.15, -0.1) is 0 Å². The summed E-state index contributed by atoms with van der Waals surface area (Å²) >= 11 is 0. The minimum Gasteiger partial charge on any atom is -0.369 e. The summed E-state index contributed by atoms with van der Waals surface area (Å²) in [4.78, 5) is 26.9. The molecule has 1 radical (unpaired) electrons. The number of nitrogens with zero attached hydrogens (tertiary/aromatic N) is 2. The highest BCUT2D eigenvalue weighted by Crippen LogP contribution is 2.40. The summed E-state index contributed by atoms with van der Waals surface area (Å²) in [6.07, 6.45) is 13.4. The molecule has 3 rings (SSSR count). The third-order valence-electron chi connectivity index (χ3n) is 6.98. The molecule has 0 aromatic carbocycles. The van der Waals surface area contributed by atoms with E-state index in [0.29, 0.717) is 25.4 Å². The topological polar surface area (TPSA) is 99.2 Å². The molecule has 3 N–H and O–H groups in total. The second-order valence-electron chi connectivity index (χ2n) is 8.81. The van der Waals surface area contributed by atoms with Crippen molar-refractivity contribution in [3.8, 4) is 6.07 Å². The molecule has 0 aromatic heterocycles. The molecule has 2 aliphatic carbocycles. The first-order chi connectivity index (χ1) is 13.0. The van der Waals surface area contributed by atoms with Gasteiger partial charge in [0.05, 0.1) is 12.5 Å². The van der Waals surface area contributed by atoms with Gasteiger partial charge < -0.3 is 11.1 Å². The maximum atomic E-state index is 12.6. The number of hydrogen-bond acceptors (Lipinski definition) is 4. The van der Waals surface area contributed by atoms with Gasteiger partial charge >= 0.3 is 0 Å². The van der Waals surface area contributed by atoms with Crippen LogP contribution in [-0.2, 0) is 9.59 Å². The molecule has 0 aromatic rings. The van der Waals surface area contributed by atoms with Crippen LogP contribution in [0.3, 0.4) is 0 Å². The van der Waals surface area contributed by atoms with E-state index in [0.717, 1.165) is 38.6 Å².